The number of rotatable bonds is 3. The third-order valence-corrected chi connectivity index (χ3v) is 4.73. The molecule has 0 aromatic heterocycles. The third kappa shape index (κ3) is 3.30. The molecule has 6 heteroatoms. The molecule has 0 bridgehead atoms. The van der Waals surface area contributed by atoms with Crippen LogP contribution in [-0.2, 0) is 0 Å². The molecule has 2 aromatic carbocycles. The summed E-state index contributed by atoms with van der Waals surface area (Å²) >= 11 is 0. The molecule has 98 valence electrons. The summed E-state index contributed by atoms with van der Waals surface area (Å²) in [5.74, 6) is -1.12. The van der Waals surface area contributed by atoms with Crippen LogP contribution in [0.1, 0.15) is 11.1 Å². The summed E-state index contributed by atoms with van der Waals surface area (Å²) in [5, 5.41) is 17.5. The van der Waals surface area contributed by atoms with E-state index in [9.17, 15) is 8.78 Å². The van der Waals surface area contributed by atoms with E-state index in [1.54, 1.807) is 24.3 Å². The van der Waals surface area contributed by atoms with Crippen molar-refractivity contribution in [2.45, 2.75) is 9.79 Å². The molecule has 20 heavy (non-hydrogen) atoms. The Morgan fingerprint density at radius 3 is 1.50 bits per heavy atom. The van der Waals surface area contributed by atoms with Crippen LogP contribution < -0.4 is 0 Å². The van der Waals surface area contributed by atoms with Crippen LogP contribution in [-0.4, -0.2) is 0 Å². The van der Waals surface area contributed by atoms with Crippen molar-refractivity contribution in [3.63, 3.8) is 0 Å². The molecule has 0 atom stereocenters. The number of hydrogen-bond donors (Lipinski definition) is 0. The van der Waals surface area contributed by atoms with Gasteiger partial charge in [0.15, 0.2) is 0 Å². The highest BCUT2D eigenvalue weighted by Gasteiger charge is 2.06. The maximum absolute atomic E-state index is 13.2. The maximum atomic E-state index is 13.2. The molecule has 0 heterocycles. The summed E-state index contributed by atoms with van der Waals surface area (Å²) in [6, 6.07) is 12.0. The van der Waals surface area contributed by atoms with Crippen molar-refractivity contribution in [2.24, 2.45) is 0 Å². The highest BCUT2D eigenvalue weighted by atomic mass is 33.1. The molecule has 2 rings (SSSR count). The van der Waals surface area contributed by atoms with Crippen LogP contribution in [0.5, 0.6) is 0 Å². The van der Waals surface area contributed by atoms with Gasteiger partial charge in [-0.3, -0.25) is 0 Å². The van der Waals surface area contributed by atoms with Crippen molar-refractivity contribution in [3.05, 3.63) is 59.2 Å². The Morgan fingerprint density at radius 2 is 1.15 bits per heavy atom. The van der Waals surface area contributed by atoms with E-state index in [-0.39, 0.29) is 11.1 Å². The number of halogens is 2. The molecule has 0 N–H and O–H groups in total. The van der Waals surface area contributed by atoms with Gasteiger partial charge in [0, 0.05) is 9.79 Å². The first-order chi connectivity index (χ1) is 9.63. The Balaban J connectivity index is 2.13. The van der Waals surface area contributed by atoms with Gasteiger partial charge < -0.3 is 0 Å². The number of hydrogen-bond acceptors (Lipinski definition) is 4. The standard InChI is InChI=1S/C14H6F2N2S2/c15-13-3-1-11(5-9(13)7-17)19-20-12-2-4-14(16)10(6-12)8-18/h1-6H. The quantitative estimate of drug-likeness (QED) is 0.783. The fourth-order valence-corrected chi connectivity index (χ4v) is 3.35. The van der Waals surface area contributed by atoms with E-state index in [0.717, 1.165) is 0 Å². The van der Waals surface area contributed by atoms with E-state index in [1.807, 2.05) is 0 Å². The monoisotopic (exact) mass is 304 g/mol. The van der Waals surface area contributed by atoms with E-state index < -0.39 is 11.6 Å². The van der Waals surface area contributed by atoms with Crippen LogP contribution in [0.3, 0.4) is 0 Å². The highest BCUT2D eigenvalue weighted by molar-refractivity contribution is 8.76. The van der Waals surface area contributed by atoms with Gasteiger partial charge in [-0.05, 0) is 36.4 Å². The molecule has 0 unspecified atom stereocenters. The van der Waals surface area contributed by atoms with Gasteiger partial charge in [-0.1, -0.05) is 21.6 Å². The first kappa shape index (κ1) is 14.4. The Bertz CT molecular complexity index is 669. The fourth-order valence-electron chi connectivity index (χ4n) is 1.38. The molecule has 0 saturated carbocycles. The molecule has 0 aliphatic heterocycles. The zero-order chi connectivity index (χ0) is 14.5. The van der Waals surface area contributed by atoms with Gasteiger partial charge >= 0.3 is 0 Å². The first-order valence-corrected chi connectivity index (χ1v) is 7.53. The van der Waals surface area contributed by atoms with E-state index in [0.29, 0.717) is 9.79 Å². The zero-order valence-electron chi connectivity index (χ0n) is 9.93. The lowest BCUT2D eigenvalue weighted by atomic mass is 10.2. The van der Waals surface area contributed by atoms with Crippen molar-refractivity contribution in [2.75, 3.05) is 0 Å². The van der Waals surface area contributed by atoms with Crippen molar-refractivity contribution in [1.29, 1.82) is 10.5 Å². The maximum Gasteiger partial charge on any atom is 0.141 e. The van der Waals surface area contributed by atoms with Crippen molar-refractivity contribution < 1.29 is 8.78 Å². The van der Waals surface area contributed by atoms with Crippen LogP contribution in [0.2, 0.25) is 0 Å². The second kappa shape index (κ2) is 6.42. The predicted octanol–water partition coefficient (Wildman–Crippen LogP) is 4.51. The molecule has 0 aliphatic carbocycles. The van der Waals surface area contributed by atoms with Crippen LogP contribution >= 0.6 is 21.6 Å². The summed E-state index contributed by atoms with van der Waals surface area (Å²) in [6.45, 7) is 0. The average molecular weight is 304 g/mol. The molecule has 0 aliphatic rings. The molecule has 0 spiro atoms. The Kier molecular flexibility index (Phi) is 4.62. The molecule has 2 aromatic rings. The van der Waals surface area contributed by atoms with E-state index in [4.69, 9.17) is 10.5 Å². The van der Waals surface area contributed by atoms with Gasteiger partial charge in [0.05, 0.1) is 11.1 Å². The largest absolute Gasteiger partial charge is 0.206 e. The van der Waals surface area contributed by atoms with E-state index in [1.165, 1.54) is 45.9 Å². The topological polar surface area (TPSA) is 47.6 Å². The minimum absolute atomic E-state index is 0.0209. The SMILES string of the molecule is N#Cc1cc(SSc2ccc(F)c(C#N)c2)ccc1F. The second-order valence-electron chi connectivity index (χ2n) is 3.67. The lowest BCUT2D eigenvalue weighted by molar-refractivity contribution is 0.622. The predicted molar refractivity (Wildman–Crippen MR) is 73.9 cm³/mol. The minimum atomic E-state index is -0.560. The Labute approximate surface area is 122 Å². The summed E-state index contributed by atoms with van der Waals surface area (Å²) in [5.41, 5.74) is -0.0418. The van der Waals surface area contributed by atoms with Crippen molar-refractivity contribution >= 4 is 21.6 Å². The molecule has 0 saturated heterocycles. The zero-order valence-corrected chi connectivity index (χ0v) is 11.6. The molecule has 0 fully saturated rings. The Hall–Kier alpha value is -2.02. The van der Waals surface area contributed by atoms with Gasteiger partial charge in [0.1, 0.15) is 23.8 Å². The molecular weight excluding hydrogens is 298 g/mol. The first-order valence-electron chi connectivity index (χ1n) is 5.38. The van der Waals surface area contributed by atoms with Gasteiger partial charge in [-0.25, -0.2) is 8.78 Å². The normalized spacial score (nSPS) is 9.80. The summed E-state index contributed by atoms with van der Waals surface area (Å²) in [7, 11) is 2.61. The number of nitrogens with zero attached hydrogens (tertiary/aromatic N) is 2. The van der Waals surface area contributed by atoms with Crippen molar-refractivity contribution in [1.82, 2.24) is 0 Å². The molecule has 2 nitrogen and oxygen atoms in total. The average Bonchev–Trinajstić information content (AvgIpc) is 2.47. The Morgan fingerprint density at radius 1 is 0.750 bits per heavy atom. The number of benzene rings is 2. The number of nitriles is 2. The van der Waals surface area contributed by atoms with E-state index in [2.05, 4.69) is 0 Å². The van der Waals surface area contributed by atoms with Gasteiger partial charge in [0.25, 0.3) is 0 Å². The summed E-state index contributed by atoms with van der Waals surface area (Å²) in [4.78, 5) is 1.41. The lowest BCUT2D eigenvalue weighted by Crippen LogP contribution is -1.84. The minimum Gasteiger partial charge on any atom is -0.206 e. The van der Waals surface area contributed by atoms with Crippen LogP contribution in [0.15, 0.2) is 46.2 Å². The van der Waals surface area contributed by atoms with Crippen LogP contribution in [0.4, 0.5) is 8.78 Å². The smallest absolute Gasteiger partial charge is 0.141 e. The summed E-state index contributed by atoms with van der Waals surface area (Å²) < 4.78 is 26.3. The van der Waals surface area contributed by atoms with Gasteiger partial charge in [0.2, 0.25) is 0 Å². The second-order valence-corrected chi connectivity index (χ2v) is 5.95. The molecule has 0 radical (unpaired) electrons. The fraction of sp³-hybridized carbons (Fsp3) is 0. The van der Waals surface area contributed by atoms with Crippen LogP contribution in [0.25, 0.3) is 0 Å². The molecular formula is C14H6F2N2S2. The van der Waals surface area contributed by atoms with Crippen LogP contribution in [0, 0.1) is 34.3 Å². The van der Waals surface area contributed by atoms with Gasteiger partial charge in [-0.2, -0.15) is 10.5 Å². The van der Waals surface area contributed by atoms with E-state index >= 15 is 0 Å². The highest BCUT2D eigenvalue weighted by Crippen LogP contribution is 2.38. The third-order valence-electron chi connectivity index (χ3n) is 2.35. The summed E-state index contributed by atoms with van der Waals surface area (Å²) in [6.07, 6.45) is 0. The lowest BCUT2D eigenvalue weighted by Gasteiger charge is -2.03. The van der Waals surface area contributed by atoms with Gasteiger partial charge in [-0.15, -0.1) is 0 Å². The van der Waals surface area contributed by atoms with Crippen molar-refractivity contribution in [3.8, 4) is 12.1 Å². The molecule has 0 amide bonds.